The normalized spacial score (nSPS) is 10.5. The molecule has 0 saturated heterocycles. The fraction of sp³-hybridized carbons (Fsp3) is 0.158. The standard InChI is InChI=1S/C19H17NO2S/c1-14-12-20-19(23-14)18(21)11-15-7-9-17(10-8-15)22-13-16-5-3-2-4-6-16/h2-10,12H,11,13H2,1H3. The molecule has 116 valence electrons. The zero-order valence-electron chi connectivity index (χ0n) is 12.9. The highest BCUT2D eigenvalue weighted by molar-refractivity contribution is 7.13. The van der Waals surface area contributed by atoms with Crippen LogP contribution in [-0.4, -0.2) is 10.8 Å². The van der Waals surface area contributed by atoms with E-state index in [0.29, 0.717) is 18.0 Å². The molecule has 0 bridgehead atoms. The van der Waals surface area contributed by atoms with Crippen molar-refractivity contribution >= 4 is 17.1 Å². The molecule has 0 unspecified atom stereocenters. The van der Waals surface area contributed by atoms with E-state index < -0.39 is 0 Å². The molecular weight excluding hydrogens is 306 g/mol. The van der Waals surface area contributed by atoms with Gasteiger partial charge in [-0.15, -0.1) is 11.3 Å². The number of aryl methyl sites for hydroxylation is 1. The van der Waals surface area contributed by atoms with Gasteiger partial charge in [0.05, 0.1) is 0 Å². The first-order chi connectivity index (χ1) is 11.2. The number of benzene rings is 2. The molecule has 0 saturated carbocycles. The fourth-order valence-electron chi connectivity index (χ4n) is 2.19. The van der Waals surface area contributed by atoms with Gasteiger partial charge in [0.15, 0.2) is 10.8 Å². The molecule has 0 atom stereocenters. The van der Waals surface area contributed by atoms with Gasteiger partial charge in [0.1, 0.15) is 12.4 Å². The van der Waals surface area contributed by atoms with Gasteiger partial charge in [-0.05, 0) is 30.2 Å². The monoisotopic (exact) mass is 323 g/mol. The molecule has 0 aliphatic carbocycles. The van der Waals surface area contributed by atoms with Gasteiger partial charge in [-0.2, -0.15) is 0 Å². The predicted octanol–water partition coefficient (Wildman–Crippen LogP) is 4.46. The van der Waals surface area contributed by atoms with Crippen molar-refractivity contribution in [2.45, 2.75) is 20.0 Å². The van der Waals surface area contributed by atoms with Gasteiger partial charge in [0, 0.05) is 17.5 Å². The minimum Gasteiger partial charge on any atom is -0.489 e. The van der Waals surface area contributed by atoms with Gasteiger partial charge in [0.2, 0.25) is 0 Å². The third-order valence-corrected chi connectivity index (χ3v) is 4.35. The molecule has 3 rings (SSSR count). The summed E-state index contributed by atoms with van der Waals surface area (Å²) in [6.07, 6.45) is 2.10. The van der Waals surface area contributed by atoms with E-state index in [1.807, 2.05) is 61.5 Å². The highest BCUT2D eigenvalue weighted by Crippen LogP contribution is 2.17. The molecule has 0 radical (unpaired) electrons. The molecule has 0 aliphatic heterocycles. The Balaban J connectivity index is 1.57. The van der Waals surface area contributed by atoms with E-state index in [0.717, 1.165) is 21.8 Å². The van der Waals surface area contributed by atoms with Gasteiger partial charge in [-0.25, -0.2) is 4.98 Å². The molecule has 0 aliphatic rings. The topological polar surface area (TPSA) is 39.2 Å². The number of rotatable bonds is 6. The summed E-state index contributed by atoms with van der Waals surface area (Å²) in [6.45, 7) is 2.49. The molecule has 0 amide bonds. The first-order valence-corrected chi connectivity index (χ1v) is 8.23. The Morgan fingerprint density at radius 1 is 1.04 bits per heavy atom. The predicted molar refractivity (Wildman–Crippen MR) is 92.1 cm³/mol. The Hall–Kier alpha value is -2.46. The van der Waals surface area contributed by atoms with Crippen LogP contribution in [0.3, 0.4) is 0 Å². The molecule has 1 aromatic heterocycles. The van der Waals surface area contributed by atoms with Crippen LogP contribution in [0.5, 0.6) is 5.75 Å². The van der Waals surface area contributed by atoms with Crippen molar-refractivity contribution in [3.63, 3.8) is 0 Å². The van der Waals surface area contributed by atoms with E-state index in [2.05, 4.69) is 4.98 Å². The molecule has 3 aromatic rings. The zero-order chi connectivity index (χ0) is 16.1. The van der Waals surface area contributed by atoms with Crippen LogP contribution in [0.4, 0.5) is 0 Å². The summed E-state index contributed by atoms with van der Waals surface area (Å²) in [4.78, 5) is 17.3. The maximum Gasteiger partial charge on any atom is 0.195 e. The summed E-state index contributed by atoms with van der Waals surface area (Å²) >= 11 is 1.44. The second-order valence-electron chi connectivity index (χ2n) is 5.29. The number of carbonyl (C=O) groups excluding carboxylic acids is 1. The number of Topliss-reactive ketones (excluding diaryl/α,β-unsaturated/α-hetero) is 1. The Bertz CT molecular complexity index is 779. The SMILES string of the molecule is Cc1cnc(C(=O)Cc2ccc(OCc3ccccc3)cc2)s1. The second-order valence-corrected chi connectivity index (χ2v) is 6.53. The van der Waals surface area contributed by atoms with E-state index in [1.165, 1.54) is 11.3 Å². The number of ether oxygens (including phenoxy) is 1. The van der Waals surface area contributed by atoms with Crippen LogP contribution in [0, 0.1) is 6.92 Å². The van der Waals surface area contributed by atoms with Crippen molar-refractivity contribution in [2.75, 3.05) is 0 Å². The van der Waals surface area contributed by atoms with Crippen LogP contribution in [0.2, 0.25) is 0 Å². The Labute approximate surface area is 139 Å². The minimum atomic E-state index is 0.0565. The second kappa shape index (κ2) is 7.20. The van der Waals surface area contributed by atoms with E-state index in [9.17, 15) is 4.79 Å². The summed E-state index contributed by atoms with van der Waals surface area (Å²) in [5.74, 6) is 0.858. The first-order valence-electron chi connectivity index (χ1n) is 7.42. The third kappa shape index (κ3) is 4.27. The molecule has 4 heteroatoms. The summed E-state index contributed by atoms with van der Waals surface area (Å²) in [6, 6.07) is 17.7. The smallest absolute Gasteiger partial charge is 0.195 e. The van der Waals surface area contributed by atoms with Crippen LogP contribution in [-0.2, 0) is 13.0 Å². The average Bonchev–Trinajstić information content (AvgIpc) is 3.02. The first kappa shape index (κ1) is 15.4. The highest BCUT2D eigenvalue weighted by atomic mass is 32.1. The third-order valence-electron chi connectivity index (χ3n) is 3.40. The van der Waals surface area contributed by atoms with Crippen LogP contribution >= 0.6 is 11.3 Å². The van der Waals surface area contributed by atoms with Crippen molar-refractivity contribution in [3.8, 4) is 5.75 Å². The number of hydrogen-bond acceptors (Lipinski definition) is 4. The van der Waals surface area contributed by atoms with E-state index in [4.69, 9.17) is 4.74 Å². The number of carbonyl (C=O) groups is 1. The molecule has 0 fully saturated rings. The average molecular weight is 323 g/mol. The number of hydrogen-bond donors (Lipinski definition) is 0. The van der Waals surface area contributed by atoms with Gasteiger partial charge in [-0.1, -0.05) is 42.5 Å². The number of thiazole rings is 1. The molecule has 1 heterocycles. The van der Waals surface area contributed by atoms with Crippen molar-refractivity contribution in [2.24, 2.45) is 0 Å². The van der Waals surface area contributed by atoms with Crippen molar-refractivity contribution in [1.29, 1.82) is 0 Å². The van der Waals surface area contributed by atoms with E-state index in [1.54, 1.807) is 6.20 Å². The van der Waals surface area contributed by atoms with Gasteiger partial charge in [0.25, 0.3) is 0 Å². The lowest BCUT2D eigenvalue weighted by Gasteiger charge is -2.07. The van der Waals surface area contributed by atoms with Gasteiger partial charge < -0.3 is 4.74 Å². The highest BCUT2D eigenvalue weighted by Gasteiger charge is 2.11. The molecule has 0 N–H and O–H groups in total. The van der Waals surface area contributed by atoms with Crippen molar-refractivity contribution in [3.05, 3.63) is 81.8 Å². The maximum absolute atomic E-state index is 12.1. The summed E-state index contributed by atoms with van der Waals surface area (Å²) in [5, 5.41) is 0.576. The van der Waals surface area contributed by atoms with Gasteiger partial charge >= 0.3 is 0 Å². The molecule has 0 spiro atoms. The lowest BCUT2D eigenvalue weighted by molar-refractivity contribution is 0.0992. The Morgan fingerprint density at radius 2 is 1.78 bits per heavy atom. The number of nitrogens with zero attached hydrogens (tertiary/aromatic N) is 1. The number of ketones is 1. The molecule has 3 nitrogen and oxygen atoms in total. The maximum atomic E-state index is 12.1. The zero-order valence-corrected chi connectivity index (χ0v) is 13.7. The molecular formula is C19H17NO2S. The Kier molecular flexibility index (Phi) is 4.83. The van der Waals surface area contributed by atoms with Crippen LogP contribution in [0.15, 0.2) is 60.8 Å². The molecule has 2 aromatic carbocycles. The van der Waals surface area contributed by atoms with Crippen molar-refractivity contribution < 1.29 is 9.53 Å². The molecule has 23 heavy (non-hydrogen) atoms. The lowest BCUT2D eigenvalue weighted by atomic mass is 10.1. The largest absolute Gasteiger partial charge is 0.489 e. The summed E-state index contributed by atoms with van der Waals surface area (Å²) < 4.78 is 5.74. The Morgan fingerprint density at radius 3 is 2.43 bits per heavy atom. The van der Waals surface area contributed by atoms with Crippen LogP contribution in [0.1, 0.15) is 25.8 Å². The van der Waals surface area contributed by atoms with Gasteiger partial charge in [-0.3, -0.25) is 4.79 Å². The summed E-state index contributed by atoms with van der Waals surface area (Å²) in [7, 11) is 0. The quantitative estimate of drug-likeness (QED) is 0.629. The fourth-order valence-corrected chi connectivity index (χ4v) is 2.89. The summed E-state index contributed by atoms with van der Waals surface area (Å²) in [5.41, 5.74) is 2.10. The van der Waals surface area contributed by atoms with E-state index >= 15 is 0 Å². The van der Waals surface area contributed by atoms with E-state index in [-0.39, 0.29) is 5.78 Å². The minimum absolute atomic E-state index is 0.0565. The van der Waals surface area contributed by atoms with Crippen LogP contribution in [0.25, 0.3) is 0 Å². The van der Waals surface area contributed by atoms with Crippen molar-refractivity contribution in [1.82, 2.24) is 4.98 Å². The number of aromatic nitrogens is 1. The lowest BCUT2D eigenvalue weighted by Crippen LogP contribution is -2.02. The van der Waals surface area contributed by atoms with Crippen LogP contribution < -0.4 is 4.74 Å².